The summed E-state index contributed by atoms with van der Waals surface area (Å²) in [7, 11) is -4.77. The summed E-state index contributed by atoms with van der Waals surface area (Å²) in [6, 6.07) is 3.75. The average molecular weight is 831 g/mol. The minimum atomic E-state index is -4.77. The standard InChI is InChI=1S/C50H86O7S/c1-3-5-7-9-11-13-15-17-19-21-23-25-27-29-31-33-35-37-39-44-56-49(51)46-42-41-43-47(58(53,54)55)48(46)50(52)57-45-40-38-36-34-32-30-28-26-24-22-20-18-16-14-12-10-8-6-4-2/h25-28,41-43H,3-24,29-40,44-45H2,1-2H3,(H,53,54,55)/b27-25+,28-26+. The minimum absolute atomic E-state index is 0.0983. The predicted octanol–water partition coefficient (Wildman–Crippen LogP) is 15.7. The first kappa shape index (κ1) is 53.6. The maximum Gasteiger partial charge on any atom is 0.340 e. The third kappa shape index (κ3) is 30.6. The molecule has 7 nitrogen and oxygen atoms in total. The van der Waals surface area contributed by atoms with Crippen LogP contribution in [0.3, 0.4) is 0 Å². The lowest BCUT2D eigenvalue weighted by molar-refractivity contribution is 0.0446. The van der Waals surface area contributed by atoms with Crippen LogP contribution in [0.5, 0.6) is 0 Å². The van der Waals surface area contributed by atoms with Crippen LogP contribution in [-0.2, 0) is 19.6 Å². The van der Waals surface area contributed by atoms with Crippen molar-refractivity contribution in [1.82, 2.24) is 0 Å². The topological polar surface area (TPSA) is 107 Å². The fourth-order valence-electron chi connectivity index (χ4n) is 7.37. The van der Waals surface area contributed by atoms with Crippen LogP contribution < -0.4 is 0 Å². The summed E-state index contributed by atoms with van der Waals surface area (Å²) in [6.45, 7) is 4.79. The summed E-state index contributed by atoms with van der Waals surface area (Å²) in [5, 5.41) is 0. The van der Waals surface area contributed by atoms with Gasteiger partial charge in [0.15, 0.2) is 0 Å². The van der Waals surface area contributed by atoms with E-state index >= 15 is 0 Å². The van der Waals surface area contributed by atoms with E-state index in [1.165, 1.54) is 153 Å². The second-order valence-electron chi connectivity index (χ2n) is 16.4. The number of hydrogen-bond acceptors (Lipinski definition) is 6. The van der Waals surface area contributed by atoms with Gasteiger partial charge in [-0.15, -0.1) is 0 Å². The van der Waals surface area contributed by atoms with Gasteiger partial charge in [-0.1, -0.05) is 198 Å². The highest BCUT2D eigenvalue weighted by Crippen LogP contribution is 2.23. The SMILES string of the molecule is CCCCCCCCCCCC/C=C/CCCCCCCOC(=O)c1cccc(S(=O)(=O)O)c1C(=O)OCCCCCCC/C=C/CCCCCCCCCCCC. The highest BCUT2D eigenvalue weighted by Gasteiger charge is 2.28. The van der Waals surface area contributed by atoms with Crippen LogP contribution in [0, 0.1) is 0 Å². The maximum absolute atomic E-state index is 13.1. The van der Waals surface area contributed by atoms with Crippen molar-refractivity contribution in [1.29, 1.82) is 0 Å². The van der Waals surface area contributed by atoms with Gasteiger partial charge in [-0.3, -0.25) is 4.55 Å². The molecule has 334 valence electrons. The zero-order chi connectivity index (χ0) is 42.2. The summed E-state index contributed by atoms with van der Waals surface area (Å²) < 4.78 is 44.9. The predicted molar refractivity (Wildman–Crippen MR) is 243 cm³/mol. The van der Waals surface area contributed by atoms with Gasteiger partial charge in [0.05, 0.1) is 24.3 Å². The van der Waals surface area contributed by atoms with Gasteiger partial charge >= 0.3 is 11.9 Å². The molecule has 0 aromatic heterocycles. The fraction of sp³-hybridized carbons (Fsp3) is 0.760. The van der Waals surface area contributed by atoms with Gasteiger partial charge in [0.25, 0.3) is 10.1 Å². The van der Waals surface area contributed by atoms with Crippen molar-refractivity contribution in [2.75, 3.05) is 13.2 Å². The van der Waals surface area contributed by atoms with E-state index in [-0.39, 0.29) is 18.8 Å². The number of carbonyl (C=O) groups excluding carboxylic acids is 2. The van der Waals surface area contributed by atoms with E-state index < -0.39 is 32.5 Å². The summed E-state index contributed by atoms with van der Waals surface area (Å²) >= 11 is 0. The van der Waals surface area contributed by atoms with E-state index in [0.29, 0.717) is 12.8 Å². The average Bonchev–Trinajstić information content (AvgIpc) is 3.21. The van der Waals surface area contributed by atoms with Crippen molar-refractivity contribution in [3.8, 4) is 0 Å². The summed E-state index contributed by atoms with van der Waals surface area (Å²) in [5.74, 6) is -1.76. The third-order valence-electron chi connectivity index (χ3n) is 11.0. The van der Waals surface area contributed by atoms with E-state index in [9.17, 15) is 22.6 Å². The number of hydrogen-bond donors (Lipinski definition) is 1. The molecular formula is C50H86O7S. The molecule has 0 fully saturated rings. The molecule has 0 heterocycles. The van der Waals surface area contributed by atoms with E-state index in [1.807, 2.05) is 0 Å². The largest absolute Gasteiger partial charge is 0.462 e. The minimum Gasteiger partial charge on any atom is -0.462 e. The van der Waals surface area contributed by atoms with Crippen molar-refractivity contribution in [3.05, 3.63) is 53.6 Å². The second-order valence-corrected chi connectivity index (χ2v) is 17.8. The third-order valence-corrected chi connectivity index (χ3v) is 11.9. The Hall–Kier alpha value is -2.45. The van der Waals surface area contributed by atoms with Gasteiger partial charge < -0.3 is 9.47 Å². The fourth-order valence-corrected chi connectivity index (χ4v) is 8.07. The molecule has 0 amide bonds. The molecule has 1 aromatic carbocycles. The number of esters is 2. The summed E-state index contributed by atoms with van der Waals surface area (Å²) in [4.78, 5) is 25.4. The van der Waals surface area contributed by atoms with E-state index in [0.717, 1.165) is 70.3 Å². The Balaban J connectivity index is 2.20. The number of benzene rings is 1. The van der Waals surface area contributed by atoms with E-state index in [1.54, 1.807) is 0 Å². The highest BCUT2D eigenvalue weighted by molar-refractivity contribution is 7.86. The molecule has 0 saturated heterocycles. The Morgan fingerprint density at radius 2 is 0.776 bits per heavy atom. The molecule has 0 saturated carbocycles. The van der Waals surface area contributed by atoms with Crippen molar-refractivity contribution < 1.29 is 32.0 Å². The molecule has 1 rings (SSSR count). The first-order chi connectivity index (χ1) is 28.3. The Labute approximate surface area is 356 Å². The normalized spacial score (nSPS) is 11.9. The summed E-state index contributed by atoms with van der Waals surface area (Å²) in [5.41, 5.74) is -0.688. The van der Waals surface area contributed by atoms with Gasteiger partial charge in [0.1, 0.15) is 4.90 Å². The van der Waals surface area contributed by atoms with Crippen LogP contribution >= 0.6 is 0 Å². The van der Waals surface area contributed by atoms with Crippen molar-refractivity contribution in [3.63, 3.8) is 0 Å². The zero-order valence-corrected chi connectivity index (χ0v) is 38.1. The molecule has 1 aromatic rings. The summed E-state index contributed by atoms with van der Waals surface area (Å²) in [6.07, 6.45) is 50.6. The Morgan fingerprint density at radius 1 is 0.466 bits per heavy atom. The molecule has 0 aliphatic rings. The van der Waals surface area contributed by atoms with E-state index in [4.69, 9.17) is 9.47 Å². The molecule has 0 atom stereocenters. The second kappa shape index (κ2) is 38.7. The van der Waals surface area contributed by atoms with E-state index in [2.05, 4.69) is 38.2 Å². The smallest absolute Gasteiger partial charge is 0.340 e. The van der Waals surface area contributed by atoms with Crippen LogP contribution in [0.1, 0.15) is 253 Å². The Kier molecular flexibility index (Phi) is 35.8. The van der Waals surface area contributed by atoms with Crippen LogP contribution in [0.25, 0.3) is 0 Å². The van der Waals surface area contributed by atoms with Gasteiger partial charge in [-0.25, -0.2) is 9.59 Å². The molecular weight excluding hydrogens is 745 g/mol. The maximum atomic E-state index is 13.1. The molecule has 0 radical (unpaired) electrons. The molecule has 8 heteroatoms. The van der Waals surface area contributed by atoms with Gasteiger partial charge in [0.2, 0.25) is 0 Å². The van der Waals surface area contributed by atoms with Crippen molar-refractivity contribution in [2.45, 2.75) is 237 Å². The first-order valence-corrected chi connectivity index (χ1v) is 25.5. The highest BCUT2D eigenvalue weighted by atomic mass is 32.2. The number of allylic oxidation sites excluding steroid dienone is 4. The lowest BCUT2D eigenvalue weighted by atomic mass is 10.1. The van der Waals surface area contributed by atoms with Crippen LogP contribution in [0.2, 0.25) is 0 Å². The van der Waals surface area contributed by atoms with Crippen molar-refractivity contribution in [2.24, 2.45) is 0 Å². The quantitative estimate of drug-likeness (QED) is 0.0303. The molecule has 0 bridgehead atoms. The Bertz CT molecular complexity index is 1300. The van der Waals surface area contributed by atoms with Crippen LogP contribution in [0.4, 0.5) is 0 Å². The molecule has 0 unspecified atom stereocenters. The number of unbranched alkanes of at least 4 members (excludes halogenated alkanes) is 30. The van der Waals surface area contributed by atoms with Gasteiger partial charge in [-0.2, -0.15) is 8.42 Å². The molecule has 0 aliphatic carbocycles. The zero-order valence-electron chi connectivity index (χ0n) is 37.3. The van der Waals surface area contributed by atoms with Gasteiger partial charge in [-0.05, 0) is 76.3 Å². The molecule has 1 N–H and O–H groups in total. The molecule has 0 aliphatic heterocycles. The van der Waals surface area contributed by atoms with Gasteiger partial charge in [0, 0.05) is 0 Å². The molecule has 58 heavy (non-hydrogen) atoms. The Morgan fingerprint density at radius 3 is 1.12 bits per heavy atom. The van der Waals surface area contributed by atoms with Crippen LogP contribution in [0.15, 0.2) is 47.4 Å². The number of ether oxygens (including phenoxy) is 2. The van der Waals surface area contributed by atoms with Crippen molar-refractivity contribution >= 4 is 22.1 Å². The van der Waals surface area contributed by atoms with Crippen LogP contribution in [-0.4, -0.2) is 38.1 Å². The lowest BCUT2D eigenvalue weighted by Crippen LogP contribution is -2.19. The number of carbonyl (C=O) groups is 2. The lowest BCUT2D eigenvalue weighted by Gasteiger charge is -2.13. The molecule has 0 spiro atoms. The number of rotatable bonds is 41. The monoisotopic (exact) mass is 831 g/mol. The first-order valence-electron chi connectivity index (χ1n) is 24.1.